The van der Waals surface area contributed by atoms with Crippen LogP contribution in [0.3, 0.4) is 0 Å². The Morgan fingerprint density at radius 2 is 1.95 bits per heavy atom. The lowest BCUT2D eigenvalue weighted by molar-refractivity contribution is 0.0327. The van der Waals surface area contributed by atoms with Crippen molar-refractivity contribution in [2.24, 2.45) is 5.92 Å². The SMILES string of the molecule is CC1CC=C(c2ccc(C#N)cc2)N(C(=O)OC(C)(C)C)C1. The van der Waals surface area contributed by atoms with Gasteiger partial charge in [-0.3, -0.25) is 4.90 Å². The van der Waals surface area contributed by atoms with E-state index in [0.717, 1.165) is 17.7 Å². The molecular formula is C18H22N2O2. The highest BCUT2D eigenvalue weighted by Gasteiger charge is 2.29. The molecule has 4 nitrogen and oxygen atoms in total. The van der Waals surface area contributed by atoms with Crippen LogP contribution in [-0.2, 0) is 4.74 Å². The van der Waals surface area contributed by atoms with Gasteiger partial charge in [-0.15, -0.1) is 0 Å². The van der Waals surface area contributed by atoms with Crippen LogP contribution >= 0.6 is 0 Å². The molecule has 0 N–H and O–H groups in total. The Bertz CT molecular complexity index is 618. The van der Waals surface area contributed by atoms with E-state index in [9.17, 15) is 4.79 Å². The maximum Gasteiger partial charge on any atom is 0.414 e. The summed E-state index contributed by atoms with van der Waals surface area (Å²) in [5, 5.41) is 8.89. The summed E-state index contributed by atoms with van der Waals surface area (Å²) in [4.78, 5) is 14.2. The largest absolute Gasteiger partial charge is 0.443 e. The number of amides is 1. The number of hydrogen-bond acceptors (Lipinski definition) is 3. The Labute approximate surface area is 132 Å². The summed E-state index contributed by atoms with van der Waals surface area (Å²) < 4.78 is 5.52. The fraction of sp³-hybridized carbons (Fsp3) is 0.444. The van der Waals surface area contributed by atoms with Crippen LogP contribution in [-0.4, -0.2) is 23.1 Å². The minimum atomic E-state index is -0.520. The van der Waals surface area contributed by atoms with Crippen LogP contribution in [0.2, 0.25) is 0 Å². The first-order valence-electron chi connectivity index (χ1n) is 7.51. The lowest BCUT2D eigenvalue weighted by Gasteiger charge is -2.33. The van der Waals surface area contributed by atoms with Gasteiger partial charge in [0.05, 0.1) is 17.3 Å². The number of hydrogen-bond donors (Lipinski definition) is 0. The quantitative estimate of drug-likeness (QED) is 0.781. The Kier molecular flexibility index (Phi) is 4.56. The number of carbonyl (C=O) groups excluding carboxylic acids is 1. The van der Waals surface area contributed by atoms with Gasteiger partial charge in [0.2, 0.25) is 0 Å². The number of benzene rings is 1. The zero-order valence-electron chi connectivity index (χ0n) is 13.6. The highest BCUT2D eigenvalue weighted by molar-refractivity contribution is 5.83. The minimum absolute atomic E-state index is 0.324. The first-order valence-corrected chi connectivity index (χ1v) is 7.51. The van der Waals surface area contributed by atoms with Crippen molar-refractivity contribution in [2.75, 3.05) is 6.54 Å². The van der Waals surface area contributed by atoms with E-state index in [1.54, 1.807) is 17.0 Å². The van der Waals surface area contributed by atoms with Crippen molar-refractivity contribution in [3.05, 3.63) is 41.5 Å². The van der Waals surface area contributed by atoms with Crippen LogP contribution in [0.4, 0.5) is 4.79 Å². The van der Waals surface area contributed by atoms with E-state index in [2.05, 4.69) is 19.1 Å². The fourth-order valence-electron chi connectivity index (χ4n) is 2.39. The number of nitriles is 1. The van der Waals surface area contributed by atoms with E-state index in [1.807, 2.05) is 32.9 Å². The number of carbonyl (C=O) groups is 1. The van der Waals surface area contributed by atoms with Gasteiger partial charge in [0, 0.05) is 6.54 Å². The van der Waals surface area contributed by atoms with Crippen LogP contribution in [0.25, 0.3) is 5.70 Å². The summed E-state index contributed by atoms with van der Waals surface area (Å²) >= 11 is 0. The second-order valence-electron chi connectivity index (χ2n) is 6.71. The van der Waals surface area contributed by atoms with Crippen LogP contribution in [0.15, 0.2) is 30.3 Å². The maximum atomic E-state index is 12.5. The third-order valence-corrected chi connectivity index (χ3v) is 3.42. The number of nitrogens with zero attached hydrogens (tertiary/aromatic N) is 2. The van der Waals surface area contributed by atoms with Gasteiger partial charge in [0.15, 0.2) is 0 Å². The van der Waals surface area contributed by atoms with Crippen molar-refractivity contribution in [3.63, 3.8) is 0 Å². The molecule has 0 saturated carbocycles. The van der Waals surface area contributed by atoms with Crippen molar-refractivity contribution in [3.8, 4) is 6.07 Å². The van der Waals surface area contributed by atoms with Crippen molar-refractivity contribution < 1.29 is 9.53 Å². The Balaban J connectivity index is 2.29. The van der Waals surface area contributed by atoms with Gasteiger partial charge in [-0.1, -0.05) is 25.1 Å². The highest BCUT2D eigenvalue weighted by Crippen LogP contribution is 2.29. The van der Waals surface area contributed by atoms with Crippen molar-refractivity contribution >= 4 is 11.8 Å². The number of rotatable bonds is 1. The zero-order chi connectivity index (χ0) is 16.3. The molecule has 0 aliphatic carbocycles. The molecule has 0 spiro atoms. The second-order valence-corrected chi connectivity index (χ2v) is 6.71. The average molecular weight is 298 g/mol. The van der Waals surface area contributed by atoms with E-state index >= 15 is 0 Å². The first-order chi connectivity index (χ1) is 10.3. The molecule has 0 saturated heterocycles. The Morgan fingerprint density at radius 1 is 1.32 bits per heavy atom. The van der Waals surface area contributed by atoms with Crippen LogP contribution < -0.4 is 0 Å². The summed E-state index contributed by atoms with van der Waals surface area (Å²) in [5.74, 6) is 0.398. The van der Waals surface area contributed by atoms with E-state index in [-0.39, 0.29) is 6.09 Å². The Hall–Kier alpha value is -2.28. The third kappa shape index (κ3) is 3.88. The average Bonchev–Trinajstić information content (AvgIpc) is 2.45. The molecule has 1 amide bonds. The van der Waals surface area contributed by atoms with Gasteiger partial charge in [-0.2, -0.15) is 5.26 Å². The van der Waals surface area contributed by atoms with Gasteiger partial charge in [0.25, 0.3) is 0 Å². The smallest absolute Gasteiger partial charge is 0.414 e. The van der Waals surface area contributed by atoms with Gasteiger partial charge in [0.1, 0.15) is 5.60 Å². The molecule has 1 aromatic rings. The molecule has 4 heteroatoms. The predicted octanol–water partition coefficient (Wildman–Crippen LogP) is 4.18. The number of ether oxygens (including phenoxy) is 1. The second kappa shape index (κ2) is 6.23. The normalized spacial score (nSPS) is 18.4. The number of allylic oxidation sites excluding steroid dienone is 1. The molecule has 1 aliphatic rings. The van der Waals surface area contributed by atoms with Gasteiger partial charge in [-0.05, 0) is 50.8 Å². The molecule has 1 atom stereocenters. The summed E-state index contributed by atoms with van der Waals surface area (Å²) in [5.41, 5.74) is 1.87. The lowest BCUT2D eigenvalue weighted by atomic mass is 9.98. The van der Waals surface area contributed by atoms with E-state index < -0.39 is 5.60 Å². The lowest BCUT2D eigenvalue weighted by Crippen LogP contribution is -2.39. The van der Waals surface area contributed by atoms with E-state index in [4.69, 9.17) is 10.00 Å². The van der Waals surface area contributed by atoms with E-state index in [1.165, 1.54) is 0 Å². The predicted molar refractivity (Wildman–Crippen MR) is 85.9 cm³/mol. The maximum absolute atomic E-state index is 12.5. The Morgan fingerprint density at radius 3 is 2.50 bits per heavy atom. The first kappa shape index (κ1) is 16.1. The van der Waals surface area contributed by atoms with Gasteiger partial charge in [-0.25, -0.2) is 4.79 Å². The molecule has 1 aliphatic heterocycles. The van der Waals surface area contributed by atoms with Crippen LogP contribution in [0, 0.1) is 17.2 Å². The van der Waals surface area contributed by atoms with Crippen molar-refractivity contribution in [1.82, 2.24) is 4.90 Å². The van der Waals surface area contributed by atoms with Crippen LogP contribution in [0.5, 0.6) is 0 Å². The molecule has 0 bridgehead atoms. The molecule has 22 heavy (non-hydrogen) atoms. The molecule has 1 unspecified atom stereocenters. The molecule has 0 radical (unpaired) electrons. The fourth-order valence-corrected chi connectivity index (χ4v) is 2.39. The topological polar surface area (TPSA) is 53.3 Å². The monoisotopic (exact) mass is 298 g/mol. The minimum Gasteiger partial charge on any atom is -0.443 e. The molecule has 1 heterocycles. The van der Waals surface area contributed by atoms with E-state index in [0.29, 0.717) is 18.0 Å². The zero-order valence-corrected chi connectivity index (χ0v) is 13.6. The van der Waals surface area contributed by atoms with Crippen molar-refractivity contribution in [1.29, 1.82) is 5.26 Å². The molecule has 0 fully saturated rings. The van der Waals surface area contributed by atoms with Crippen LogP contribution in [0.1, 0.15) is 45.2 Å². The third-order valence-electron chi connectivity index (χ3n) is 3.42. The van der Waals surface area contributed by atoms with Gasteiger partial charge < -0.3 is 4.74 Å². The molecule has 116 valence electrons. The summed E-state index contributed by atoms with van der Waals surface area (Å²) in [6.45, 7) is 8.35. The summed E-state index contributed by atoms with van der Waals surface area (Å²) in [6.07, 6.45) is 2.67. The molecule has 0 aromatic heterocycles. The molecular weight excluding hydrogens is 276 g/mol. The highest BCUT2D eigenvalue weighted by atomic mass is 16.6. The standard InChI is InChI=1S/C18H22N2O2/c1-13-5-10-16(15-8-6-14(11-19)7-9-15)20(12-13)17(21)22-18(2,3)4/h6-10,13H,5,12H2,1-4H3. The molecule has 1 aromatic carbocycles. The summed E-state index contributed by atoms with van der Waals surface area (Å²) in [6, 6.07) is 9.38. The molecule has 2 rings (SSSR count). The van der Waals surface area contributed by atoms with Gasteiger partial charge >= 0.3 is 6.09 Å². The summed E-state index contributed by atoms with van der Waals surface area (Å²) in [7, 11) is 0. The van der Waals surface area contributed by atoms with Crippen molar-refractivity contribution in [2.45, 2.75) is 39.7 Å².